The third kappa shape index (κ3) is 3.30. The fourth-order valence-corrected chi connectivity index (χ4v) is 0.979. The van der Waals surface area contributed by atoms with Crippen molar-refractivity contribution in [3.63, 3.8) is 0 Å². The Balaban J connectivity index is 2.80. The Hall–Kier alpha value is -1.99. The van der Waals surface area contributed by atoms with Crippen molar-refractivity contribution in [3.8, 4) is 5.75 Å². The molecule has 0 spiro atoms. The molecule has 5 nitrogen and oxygen atoms in total. The quantitative estimate of drug-likeness (QED) is 0.479. The molecule has 0 amide bonds. The monoisotopic (exact) mass is 236 g/mol. The first kappa shape index (κ1) is 12.1. The van der Waals surface area contributed by atoms with E-state index in [4.69, 9.17) is 0 Å². The molecule has 0 aromatic heterocycles. The van der Waals surface area contributed by atoms with E-state index in [0.717, 1.165) is 18.2 Å². The standard InChI is InChI=1S/C8H7F3N2O3/c9-8(10,11)4-12-6-2-1-5(13(15)16)3-7(6)14/h1-3,12,14H,4H2. The second kappa shape index (κ2) is 4.25. The number of hydrogen-bond acceptors (Lipinski definition) is 4. The molecule has 88 valence electrons. The van der Waals surface area contributed by atoms with Crippen LogP contribution in [0.25, 0.3) is 0 Å². The Kier molecular flexibility index (Phi) is 3.21. The molecular weight excluding hydrogens is 229 g/mol. The molecule has 16 heavy (non-hydrogen) atoms. The highest BCUT2D eigenvalue weighted by Crippen LogP contribution is 2.28. The summed E-state index contributed by atoms with van der Waals surface area (Å²) in [7, 11) is 0. The van der Waals surface area contributed by atoms with Crippen molar-refractivity contribution >= 4 is 11.4 Å². The van der Waals surface area contributed by atoms with Crippen molar-refractivity contribution in [1.29, 1.82) is 0 Å². The van der Waals surface area contributed by atoms with E-state index in [2.05, 4.69) is 0 Å². The van der Waals surface area contributed by atoms with Gasteiger partial charge in [-0.3, -0.25) is 10.1 Å². The molecule has 0 heterocycles. The number of nitrogens with one attached hydrogen (secondary N) is 1. The van der Waals surface area contributed by atoms with E-state index in [0.29, 0.717) is 0 Å². The number of nitro benzene ring substituents is 1. The molecule has 0 saturated heterocycles. The summed E-state index contributed by atoms with van der Waals surface area (Å²) in [5.41, 5.74) is -0.599. The van der Waals surface area contributed by atoms with Crippen LogP contribution in [0, 0.1) is 10.1 Å². The number of alkyl halides is 3. The van der Waals surface area contributed by atoms with E-state index >= 15 is 0 Å². The zero-order valence-corrected chi connectivity index (χ0v) is 7.78. The summed E-state index contributed by atoms with van der Waals surface area (Å²) in [5.74, 6) is -0.599. The predicted octanol–water partition coefficient (Wildman–Crippen LogP) is 2.27. The summed E-state index contributed by atoms with van der Waals surface area (Å²) in [6, 6.07) is 2.79. The van der Waals surface area contributed by atoms with Crippen LogP contribution in [0.2, 0.25) is 0 Å². The second-order valence-electron chi connectivity index (χ2n) is 2.93. The maximum atomic E-state index is 11.8. The van der Waals surface area contributed by atoms with Gasteiger partial charge in [0.1, 0.15) is 12.3 Å². The van der Waals surface area contributed by atoms with Gasteiger partial charge in [0.25, 0.3) is 5.69 Å². The zero-order valence-electron chi connectivity index (χ0n) is 7.78. The summed E-state index contributed by atoms with van der Waals surface area (Å²) in [4.78, 5) is 9.52. The summed E-state index contributed by atoms with van der Waals surface area (Å²) in [6.45, 7) is -1.32. The van der Waals surface area contributed by atoms with Crippen molar-refractivity contribution in [2.75, 3.05) is 11.9 Å². The molecule has 0 saturated carbocycles. The van der Waals surface area contributed by atoms with Gasteiger partial charge in [0.15, 0.2) is 0 Å². The summed E-state index contributed by atoms with van der Waals surface area (Å²) >= 11 is 0. The molecule has 0 aliphatic carbocycles. The van der Waals surface area contributed by atoms with Gasteiger partial charge >= 0.3 is 6.18 Å². The Morgan fingerprint density at radius 2 is 2.06 bits per heavy atom. The number of nitro groups is 1. The molecule has 0 aliphatic heterocycles. The van der Waals surface area contributed by atoms with Gasteiger partial charge < -0.3 is 10.4 Å². The molecule has 1 aromatic carbocycles. The van der Waals surface area contributed by atoms with Crippen molar-refractivity contribution in [2.24, 2.45) is 0 Å². The van der Waals surface area contributed by atoms with Crippen molar-refractivity contribution < 1.29 is 23.2 Å². The lowest BCUT2D eigenvalue weighted by Gasteiger charge is -2.10. The first-order valence-electron chi connectivity index (χ1n) is 4.07. The maximum Gasteiger partial charge on any atom is 0.405 e. The van der Waals surface area contributed by atoms with E-state index in [9.17, 15) is 28.4 Å². The van der Waals surface area contributed by atoms with Crippen molar-refractivity contribution in [2.45, 2.75) is 6.18 Å². The van der Waals surface area contributed by atoms with E-state index < -0.39 is 29.1 Å². The van der Waals surface area contributed by atoms with E-state index in [1.807, 2.05) is 5.32 Å². The Labute approximate surface area is 87.7 Å². The largest absolute Gasteiger partial charge is 0.506 e. The number of aromatic hydroxyl groups is 1. The number of phenols is 1. The Morgan fingerprint density at radius 3 is 2.50 bits per heavy atom. The summed E-state index contributed by atoms with van der Waals surface area (Å²) < 4.78 is 35.5. The van der Waals surface area contributed by atoms with Gasteiger partial charge in [-0.1, -0.05) is 0 Å². The normalized spacial score (nSPS) is 11.2. The molecule has 0 bridgehead atoms. The molecular formula is C8H7F3N2O3. The minimum atomic E-state index is -4.42. The van der Waals surface area contributed by atoms with Gasteiger partial charge in [-0.25, -0.2) is 0 Å². The zero-order chi connectivity index (χ0) is 12.3. The van der Waals surface area contributed by atoms with Crippen molar-refractivity contribution in [3.05, 3.63) is 28.3 Å². The third-order valence-corrected chi connectivity index (χ3v) is 1.67. The van der Waals surface area contributed by atoms with Gasteiger partial charge in [0, 0.05) is 6.07 Å². The molecule has 2 N–H and O–H groups in total. The van der Waals surface area contributed by atoms with Gasteiger partial charge in [-0.2, -0.15) is 13.2 Å². The first-order chi connectivity index (χ1) is 7.29. The van der Waals surface area contributed by atoms with Crippen LogP contribution < -0.4 is 5.32 Å². The van der Waals surface area contributed by atoms with Crippen LogP contribution in [0.3, 0.4) is 0 Å². The van der Waals surface area contributed by atoms with Crippen LogP contribution in [0.4, 0.5) is 24.5 Å². The molecule has 8 heteroatoms. The fourth-order valence-electron chi connectivity index (χ4n) is 0.979. The van der Waals surface area contributed by atoms with E-state index in [1.165, 1.54) is 0 Å². The Bertz CT molecular complexity index is 406. The maximum absolute atomic E-state index is 11.8. The van der Waals surface area contributed by atoms with Crippen LogP contribution in [0.1, 0.15) is 0 Å². The molecule has 0 aliphatic rings. The van der Waals surface area contributed by atoms with Gasteiger partial charge in [0.2, 0.25) is 0 Å². The average molecular weight is 236 g/mol. The molecule has 1 rings (SSSR count). The van der Waals surface area contributed by atoms with E-state index in [-0.39, 0.29) is 5.69 Å². The lowest BCUT2D eigenvalue weighted by Crippen LogP contribution is -2.21. The minimum Gasteiger partial charge on any atom is -0.506 e. The van der Waals surface area contributed by atoms with Gasteiger partial charge in [-0.15, -0.1) is 0 Å². The molecule has 0 radical (unpaired) electrons. The minimum absolute atomic E-state index is 0.206. The smallest absolute Gasteiger partial charge is 0.405 e. The van der Waals surface area contributed by atoms with Gasteiger partial charge in [0.05, 0.1) is 16.7 Å². The summed E-state index contributed by atoms with van der Waals surface area (Å²) in [5, 5.41) is 21.4. The lowest BCUT2D eigenvalue weighted by molar-refractivity contribution is -0.384. The molecule has 0 unspecified atom stereocenters. The van der Waals surface area contributed by atoms with Crippen molar-refractivity contribution in [1.82, 2.24) is 0 Å². The van der Waals surface area contributed by atoms with Crippen LogP contribution in [-0.4, -0.2) is 22.8 Å². The number of hydrogen-bond donors (Lipinski definition) is 2. The summed E-state index contributed by atoms with van der Waals surface area (Å²) in [6.07, 6.45) is -4.42. The SMILES string of the molecule is O=[N+]([O-])c1ccc(NCC(F)(F)F)c(O)c1. The molecule has 1 aromatic rings. The highest BCUT2D eigenvalue weighted by Gasteiger charge is 2.27. The van der Waals surface area contributed by atoms with Crippen LogP contribution in [-0.2, 0) is 0 Å². The first-order valence-corrected chi connectivity index (χ1v) is 4.07. The predicted molar refractivity (Wildman–Crippen MR) is 49.3 cm³/mol. The van der Waals surface area contributed by atoms with Gasteiger partial charge in [-0.05, 0) is 6.07 Å². The fraction of sp³-hybridized carbons (Fsp3) is 0.250. The highest BCUT2D eigenvalue weighted by molar-refractivity contribution is 5.59. The lowest BCUT2D eigenvalue weighted by atomic mass is 10.2. The van der Waals surface area contributed by atoms with E-state index in [1.54, 1.807) is 0 Å². The number of non-ortho nitro benzene ring substituents is 1. The number of rotatable bonds is 3. The number of phenolic OH excluding ortho intramolecular Hbond substituents is 1. The Morgan fingerprint density at radius 1 is 1.44 bits per heavy atom. The highest BCUT2D eigenvalue weighted by atomic mass is 19.4. The van der Waals surface area contributed by atoms with Crippen LogP contribution >= 0.6 is 0 Å². The molecule has 0 atom stereocenters. The third-order valence-electron chi connectivity index (χ3n) is 1.67. The topological polar surface area (TPSA) is 75.4 Å². The van der Waals surface area contributed by atoms with Crippen LogP contribution in [0.15, 0.2) is 18.2 Å². The number of halogens is 3. The average Bonchev–Trinajstić information content (AvgIpc) is 2.14. The second-order valence-corrected chi connectivity index (χ2v) is 2.93. The number of anilines is 1. The number of nitrogens with zero attached hydrogens (tertiary/aromatic N) is 1. The van der Waals surface area contributed by atoms with Crippen LogP contribution in [0.5, 0.6) is 5.75 Å². The number of benzene rings is 1. The molecule has 0 fully saturated rings.